The molecule has 1 amide bonds. The molecule has 1 aromatic carbocycles. The number of benzene rings is 1. The summed E-state index contributed by atoms with van der Waals surface area (Å²) in [6.45, 7) is 4.27. The summed E-state index contributed by atoms with van der Waals surface area (Å²) in [7, 11) is 0. The zero-order valence-electron chi connectivity index (χ0n) is 12.8. The number of anilines is 1. The Balaban J connectivity index is 1.95. The van der Waals surface area contributed by atoms with Crippen LogP contribution < -0.4 is 11.1 Å². The van der Waals surface area contributed by atoms with Gasteiger partial charge >= 0.3 is 0 Å². The summed E-state index contributed by atoms with van der Waals surface area (Å²) in [4.78, 5) is 15.6. The molecule has 1 aromatic rings. The molecule has 1 aliphatic rings. The van der Waals surface area contributed by atoms with Crippen LogP contribution in [-0.2, 0) is 4.79 Å². The number of likely N-dealkylation sites (tertiary alicyclic amines) is 1. The van der Waals surface area contributed by atoms with Crippen molar-refractivity contribution >= 4 is 23.4 Å². The van der Waals surface area contributed by atoms with Crippen molar-refractivity contribution in [1.29, 1.82) is 0 Å². The Bertz CT molecular complexity index is 480. The summed E-state index contributed by atoms with van der Waals surface area (Å²) in [5, 5.41) is 3.02. The van der Waals surface area contributed by atoms with Crippen LogP contribution in [0.2, 0.25) is 0 Å². The van der Waals surface area contributed by atoms with Crippen molar-refractivity contribution in [2.24, 2.45) is 11.7 Å². The maximum absolute atomic E-state index is 12.3. The molecule has 1 aliphatic heterocycles. The molecule has 1 heterocycles. The Morgan fingerprint density at radius 1 is 1.48 bits per heavy atom. The maximum atomic E-state index is 12.3. The molecular formula is C16H25N3OS. The Morgan fingerprint density at radius 3 is 2.95 bits per heavy atom. The van der Waals surface area contributed by atoms with Crippen LogP contribution in [0.15, 0.2) is 29.2 Å². The van der Waals surface area contributed by atoms with E-state index in [-0.39, 0.29) is 5.91 Å². The molecule has 2 rings (SSSR count). The van der Waals surface area contributed by atoms with Gasteiger partial charge in [0.05, 0.1) is 12.2 Å². The molecule has 5 heteroatoms. The molecule has 0 aliphatic carbocycles. The van der Waals surface area contributed by atoms with Crippen molar-refractivity contribution in [3.63, 3.8) is 0 Å². The lowest BCUT2D eigenvalue weighted by atomic mass is 9.92. The van der Waals surface area contributed by atoms with Crippen molar-refractivity contribution in [3.05, 3.63) is 24.3 Å². The number of piperidine rings is 1. The minimum absolute atomic E-state index is 0.0458. The second-order valence-corrected chi connectivity index (χ2v) is 6.59. The maximum Gasteiger partial charge on any atom is 0.238 e. The number of carbonyl (C=O) groups excluding carboxylic acids is 1. The number of carbonyl (C=O) groups is 1. The van der Waals surface area contributed by atoms with Crippen LogP contribution in [0.5, 0.6) is 0 Å². The first-order valence-electron chi connectivity index (χ1n) is 7.51. The summed E-state index contributed by atoms with van der Waals surface area (Å²) in [6.07, 6.45) is 4.25. The molecule has 0 aromatic heterocycles. The van der Waals surface area contributed by atoms with Gasteiger partial charge in [-0.2, -0.15) is 0 Å². The zero-order chi connectivity index (χ0) is 15.2. The molecule has 116 valence electrons. The number of nitrogens with one attached hydrogen (secondary N) is 1. The van der Waals surface area contributed by atoms with Crippen LogP contribution in [0, 0.1) is 5.92 Å². The third-order valence-corrected chi connectivity index (χ3v) is 4.90. The molecule has 0 bridgehead atoms. The second-order valence-electron chi connectivity index (χ2n) is 5.74. The molecular weight excluding hydrogens is 282 g/mol. The first-order chi connectivity index (χ1) is 10.1. The lowest BCUT2D eigenvalue weighted by Gasteiger charge is -2.37. The SMILES string of the molecule is CSc1ccccc1NC(=O)CN1CCC(C)CC1CN. The number of thioether (sulfide) groups is 1. The first kappa shape index (κ1) is 16.3. The minimum Gasteiger partial charge on any atom is -0.329 e. The third-order valence-electron chi connectivity index (χ3n) is 4.10. The smallest absolute Gasteiger partial charge is 0.238 e. The molecule has 0 saturated carbocycles. The van der Waals surface area contributed by atoms with Crippen molar-refractivity contribution in [3.8, 4) is 0 Å². The normalized spacial score (nSPS) is 23.0. The van der Waals surface area contributed by atoms with E-state index in [1.807, 2.05) is 30.5 Å². The summed E-state index contributed by atoms with van der Waals surface area (Å²) in [6, 6.07) is 8.22. The Hall–Kier alpha value is -1.04. The van der Waals surface area contributed by atoms with Crippen LogP contribution in [0.3, 0.4) is 0 Å². The van der Waals surface area contributed by atoms with Gasteiger partial charge in [0.2, 0.25) is 5.91 Å². The predicted molar refractivity (Wildman–Crippen MR) is 89.7 cm³/mol. The van der Waals surface area contributed by atoms with E-state index in [0.29, 0.717) is 25.0 Å². The van der Waals surface area contributed by atoms with Gasteiger partial charge in [0.15, 0.2) is 0 Å². The molecule has 1 saturated heterocycles. The van der Waals surface area contributed by atoms with Crippen LogP contribution in [0.1, 0.15) is 19.8 Å². The summed E-state index contributed by atoms with van der Waals surface area (Å²) in [5.74, 6) is 0.750. The van der Waals surface area contributed by atoms with Crippen molar-refractivity contribution in [2.75, 3.05) is 31.2 Å². The lowest BCUT2D eigenvalue weighted by molar-refractivity contribution is -0.118. The van der Waals surface area contributed by atoms with E-state index in [9.17, 15) is 4.79 Å². The quantitative estimate of drug-likeness (QED) is 0.820. The van der Waals surface area contributed by atoms with Gasteiger partial charge in [0, 0.05) is 17.5 Å². The average molecular weight is 307 g/mol. The molecule has 0 spiro atoms. The minimum atomic E-state index is 0.0458. The largest absolute Gasteiger partial charge is 0.329 e. The van der Waals surface area contributed by atoms with Gasteiger partial charge in [0.1, 0.15) is 0 Å². The van der Waals surface area contributed by atoms with E-state index in [1.54, 1.807) is 11.8 Å². The highest BCUT2D eigenvalue weighted by Crippen LogP contribution is 2.25. The van der Waals surface area contributed by atoms with Gasteiger partial charge in [-0.3, -0.25) is 9.69 Å². The number of nitrogens with zero attached hydrogens (tertiary/aromatic N) is 1. The number of nitrogens with two attached hydrogens (primary N) is 1. The van der Waals surface area contributed by atoms with Gasteiger partial charge in [-0.15, -0.1) is 11.8 Å². The van der Waals surface area contributed by atoms with Crippen LogP contribution >= 0.6 is 11.8 Å². The van der Waals surface area contributed by atoms with Crippen molar-refractivity contribution < 1.29 is 4.79 Å². The highest BCUT2D eigenvalue weighted by molar-refractivity contribution is 7.98. The molecule has 21 heavy (non-hydrogen) atoms. The molecule has 2 unspecified atom stereocenters. The van der Waals surface area contributed by atoms with E-state index in [1.165, 1.54) is 0 Å². The van der Waals surface area contributed by atoms with Crippen LogP contribution in [0.25, 0.3) is 0 Å². The Morgan fingerprint density at radius 2 is 2.24 bits per heavy atom. The summed E-state index contributed by atoms with van der Waals surface area (Å²) >= 11 is 1.64. The molecule has 2 atom stereocenters. The van der Waals surface area contributed by atoms with E-state index < -0.39 is 0 Å². The summed E-state index contributed by atoms with van der Waals surface area (Å²) in [5.41, 5.74) is 6.75. The van der Waals surface area contributed by atoms with Crippen LogP contribution in [0.4, 0.5) is 5.69 Å². The fourth-order valence-corrected chi connectivity index (χ4v) is 3.43. The first-order valence-corrected chi connectivity index (χ1v) is 8.73. The fraction of sp³-hybridized carbons (Fsp3) is 0.562. The molecule has 0 radical (unpaired) electrons. The molecule has 3 N–H and O–H groups in total. The Kier molecular flexibility index (Phi) is 6.08. The lowest BCUT2D eigenvalue weighted by Crippen LogP contribution is -2.49. The van der Waals surface area contributed by atoms with Gasteiger partial charge < -0.3 is 11.1 Å². The summed E-state index contributed by atoms with van der Waals surface area (Å²) < 4.78 is 0. The highest BCUT2D eigenvalue weighted by Gasteiger charge is 2.26. The van der Waals surface area contributed by atoms with E-state index in [0.717, 1.165) is 30.0 Å². The van der Waals surface area contributed by atoms with Crippen LogP contribution in [-0.4, -0.2) is 42.7 Å². The van der Waals surface area contributed by atoms with Crippen molar-refractivity contribution in [1.82, 2.24) is 4.90 Å². The highest BCUT2D eigenvalue weighted by atomic mass is 32.2. The van der Waals surface area contributed by atoms with E-state index >= 15 is 0 Å². The molecule has 1 fully saturated rings. The van der Waals surface area contributed by atoms with E-state index in [2.05, 4.69) is 17.1 Å². The topological polar surface area (TPSA) is 58.4 Å². The number of rotatable bonds is 5. The fourth-order valence-electron chi connectivity index (χ4n) is 2.88. The standard InChI is InChI=1S/C16H25N3OS/c1-12-7-8-19(13(9-12)10-17)11-16(20)18-14-5-3-4-6-15(14)21-2/h3-6,12-13H,7-11,17H2,1-2H3,(H,18,20). The number of hydrogen-bond acceptors (Lipinski definition) is 4. The zero-order valence-corrected chi connectivity index (χ0v) is 13.7. The molecule has 4 nitrogen and oxygen atoms in total. The van der Waals surface area contributed by atoms with Gasteiger partial charge in [-0.1, -0.05) is 19.1 Å². The van der Waals surface area contributed by atoms with Gasteiger partial charge in [-0.25, -0.2) is 0 Å². The number of hydrogen-bond donors (Lipinski definition) is 2. The van der Waals surface area contributed by atoms with Gasteiger partial charge in [-0.05, 0) is 43.7 Å². The third kappa shape index (κ3) is 4.46. The monoisotopic (exact) mass is 307 g/mol. The number of para-hydroxylation sites is 1. The predicted octanol–water partition coefficient (Wildman–Crippen LogP) is 2.41. The second kappa shape index (κ2) is 7.82. The van der Waals surface area contributed by atoms with Gasteiger partial charge in [0.25, 0.3) is 0 Å². The van der Waals surface area contributed by atoms with Crippen molar-refractivity contribution in [2.45, 2.75) is 30.7 Å². The Labute approximate surface area is 131 Å². The van der Waals surface area contributed by atoms with E-state index in [4.69, 9.17) is 5.73 Å². The number of amides is 1. The average Bonchev–Trinajstić information content (AvgIpc) is 2.49.